The van der Waals surface area contributed by atoms with Crippen molar-refractivity contribution < 1.29 is 9.53 Å². The van der Waals surface area contributed by atoms with Crippen LogP contribution in [0.15, 0.2) is 6.07 Å². The molecule has 0 radical (unpaired) electrons. The SMILES string of the molecule is COC(=O)CN(C)c1nc(C)cc(C)n1. The van der Waals surface area contributed by atoms with Gasteiger partial charge in [-0.1, -0.05) is 0 Å². The molecule has 0 spiro atoms. The Morgan fingerprint density at radius 3 is 2.40 bits per heavy atom. The summed E-state index contributed by atoms with van der Waals surface area (Å²) in [7, 11) is 3.11. The molecule has 1 aromatic rings. The van der Waals surface area contributed by atoms with Gasteiger partial charge >= 0.3 is 5.97 Å². The second-order valence-electron chi connectivity index (χ2n) is 3.38. The number of esters is 1. The fourth-order valence-electron chi connectivity index (χ4n) is 1.21. The molecule has 0 amide bonds. The van der Waals surface area contributed by atoms with Gasteiger partial charge < -0.3 is 9.64 Å². The molecule has 0 aliphatic heterocycles. The highest BCUT2D eigenvalue weighted by Gasteiger charge is 2.10. The molecular weight excluding hydrogens is 194 g/mol. The monoisotopic (exact) mass is 209 g/mol. The molecule has 1 rings (SSSR count). The van der Waals surface area contributed by atoms with Gasteiger partial charge in [0.05, 0.1) is 7.11 Å². The Bertz CT molecular complexity index is 345. The van der Waals surface area contributed by atoms with Gasteiger partial charge in [0.1, 0.15) is 6.54 Å². The third kappa shape index (κ3) is 3.19. The first-order valence-corrected chi connectivity index (χ1v) is 4.63. The number of anilines is 1. The van der Waals surface area contributed by atoms with E-state index >= 15 is 0 Å². The lowest BCUT2D eigenvalue weighted by molar-refractivity contribution is -0.138. The minimum absolute atomic E-state index is 0.152. The van der Waals surface area contributed by atoms with Crippen LogP contribution in [0, 0.1) is 13.8 Å². The van der Waals surface area contributed by atoms with Crippen molar-refractivity contribution in [2.24, 2.45) is 0 Å². The van der Waals surface area contributed by atoms with Crippen LogP contribution in [0.3, 0.4) is 0 Å². The van der Waals surface area contributed by atoms with Crippen molar-refractivity contribution in [3.05, 3.63) is 17.5 Å². The minimum Gasteiger partial charge on any atom is -0.468 e. The molecule has 0 N–H and O–H groups in total. The molecule has 5 nitrogen and oxygen atoms in total. The third-order valence-corrected chi connectivity index (χ3v) is 1.91. The van der Waals surface area contributed by atoms with E-state index in [1.165, 1.54) is 7.11 Å². The Balaban J connectivity index is 2.81. The normalized spacial score (nSPS) is 9.87. The zero-order valence-electron chi connectivity index (χ0n) is 9.44. The number of rotatable bonds is 3. The number of carbonyl (C=O) groups excluding carboxylic acids is 1. The molecule has 15 heavy (non-hydrogen) atoms. The van der Waals surface area contributed by atoms with Gasteiger partial charge in [0.15, 0.2) is 0 Å². The number of carbonyl (C=O) groups is 1. The average molecular weight is 209 g/mol. The Morgan fingerprint density at radius 2 is 1.93 bits per heavy atom. The number of hydrogen-bond acceptors (Lipinski definition) is 5. The predicted octanol–water partition coefficient (Wildman–Crippen LogP) is 0.703. The van der Waals surface area contributed by atoms with Crippen molar-refractivity contribution >= 4 is 11.9 Å². The molecule has 0 atom stereocenters. The quantitative estimate of drug-likeness (QED) is 0.686. The lowest BCUT2D eigenvalue weighted by Gasteiger charge is -2.15. The van der Waals surface area contributed by atoms with Crippen LogP contribution in [0.1, 0.15) is 11.4 Å². The fraction of sp³-hybridized carbons (Fsp3) is 0.500. The van der Waals surface area contributed by atoms with E-state index in [1.54, 1.807) is 11.9 Å². The zero-order chi connectivity index (χ0) is 11.4. The molecule has 0 saturated heterocycles. The predicted molar refractivity (Wildman–Crippen MR) is 56.8 cm³/mol. The van der Waals surface area contributed by atoms with Gasteiger partial charge in [-0.05, 0) is 19.9 Å². The summed E-state index contributed by atoms with van der Waals surface area (Å²) in [6.07, 6.45) is 0. The first kappa shape index (κ1) is 11.4. The van der Waals surface area contributed by atoms with E-state index in [9.17, 15) is 4.79 Å². The maximum Gasteiger partial charge on any atom is 0.325 e. The lowest BCUT2D eigenvalue weighted by atomic mass is 10.3. The number of nitrogens with zero attached hydrogens (tertiary/aromatic N) is 3. The van der Waals surface area contributed by atoms with Crippen molar-refractivity contribution in [3.8, 4) is 0 Å². The highest BCUT2D eigenvalue weighted by Crippen LogP contribution is 2.07. The van der Waals surface area contributed by atoms with Gasteiger partial charge in [-0.25, -0.2) is 9.97 Å². The summed E-state index contributed by atoms with van der Waals surface area (Å²) in [6.45, 7) is 3.94. The minimum atomic E-state index is -0.305. The van der Waals surface area contributed by atoms with E-state index in [1.807, 2.05) is 19.9 Å². The second-order valence-corrected chi connectivity index (χ2v) is 3.38. The first-order valence-electron chi connectivity index (χ1n) is 4.63. The summed E-state index contributed by atoms with van der Waals surface area (Å²) in [5.74, 6) is 0.234. The summed E-state index contributed by atoms with van der Waals surface area (Å²) in [5.41, 5.74) is 1.77. The van der Waals surface area contributed by atoms with E-state index in [2.05, 4.69) is 14.7 Å². The van der Waals surface area contributed by atoms with Gasteiger partial charge in [0.25, 0.3) is 0 Å². The molecule has 1 aromatic heterocycles. The van der Waals surface area contributed by atoms with Crippen LogP contribution in [0.5, 0.6) is 0 Å². The summed E-state index contributed by atoms with van der Waals surface area (Å²) in [4.78, 5) is 21.2. The number of aromatic nitrogens is 2. The Morgan fingerprint density at radius 1 is 1.40 bits per heavy atom. The molecule has 0 aliphatic rings. The highest BCUT2D eigenvalue weighted by atomic mass is 16.5. The molecule has 0 saturated carbocycles. The van der Waals surface area contributed by atoms with Gasteiger partial charge in [0, 0.05) is 18.4 Å². The summed E-state index contributed by atoms with van der Waals surface area (Å²) in [5, 5.41) is 0. The summed E-state index contributed by atoms with van der Waals surface area (Å²) in [6, 6.07) is 1.88. The van der Waals surface area contributed by atoms with Gasteiger partial charge in [-0.3, -0.25) is 4.79 Å². The number of likely N-dealkylation sites (N-methyl/N-ethyl adjacent to an activating group) is 1. The zero-order valence-corrected chi connectivity index (χ0v) is 9.44. The largest absolute Gasteiger partial charge is 0.468 e. The highest BCUT2D eigenvalue weighted by molar-refractivity contribution is 5.74. The van der Waals surface area contributed by atoms with Crippen molar-refractivity contribution in [2.45, 2.75) is 13.8 Å². The van der Waals surface area contributed by atoms with Crippen LogP contribution >= 0.6 is 0 Å². The molecule has 0 fully saturated rings. The van der Waals surface area contributed by atoms with Crippen molar-refractivity contribution in [3.63, 3.8) is 0 Å². The topological polar surface area (TPSA) is 55.3 Å². The average Bonchev–Trinajstić information content (AvgIpc) is 2.16. The molecule has 0 bridgehead atoms. The number of methoxy groups -OCH3 is 1. The van der Waals surface area contributed by atoms with Crippen LogP contribution in [0.25, 0.3) is 0 Å². The van der Waals surface area contributed by atoms with Crippen LogP contribution in [0.2, 0.25) is 0 Å². The van der Waals surface area contributed by atoms with E-state index in [4.69, 9.17) is 0 Å². The number of aryl methyl sites for hydroxylation is 2. The molecule has 0 aliphatic carbocycles. The van der Waals surface area contributed by atoms with Crippen LogP contribution in [-0.4, -0.2) is 36.6 Å². The molecule has 82 valence electrons. The van der Waals surface area contributed by atoms with Crippen LogP contribution in [-0.2, 0) is 9.53 Å². The van der Waals surface area contributed by atoms with Crippen LogP contribution < -0.4 is 4.90 Å². The Hall–Kier alpha value is -1.65. The molecule has 1 heterocycles. The Labute approximate surface area is 89.1 Å². The Kier molecular flexibility index (Phi) is 3.60. The first-order chi connectivity index (χ1) is 7.02. The van der Waals surface area contributed by atoms with Crippen molar-refractivity contribution in [1.82, 2.24) is 9.97 Å². The van der Waals surface area contributed by atoms with E-state index < -0.39 is 0 Å². The number of hydrogen-bond donors (Lipinski definition) is 0. The maximum atomic E-state index is 11.0. The molecule has 0 unspecified atom stereocenters. The lowest BCUT2D eigenvalue weighted by Crippen LogP contribution is -2.28. The van der Waals surface area contributed by atoms with Crippen LogP contribution in [0.4, 0.5) is 5.95 Å². The standard InChI is InChI=1S/C10H15N3O2/c1-7-5-8(2)12-10(11-7)13(3)6-9(14)15-4/h5H,6H2,1-4H3. The summed E-state index contributed by atoms with van der Waals surface area (Å²) < 4.78 is 4.57. The summed E-state index contributed by atoms with van der Waals surface area (Å²) >= 11 is 0. The molecule has 0 aromatic carbocycles. The van der Waals surface area contributed by atoms with Crippen molar-refractivity contribution in [2.75, 3.05) is 25.6 Å². The third-order valence-electron chi connectivity index (χ3n) is 1.91. The van der Waals surface area contributed by atoms with E-state index in [0.29, 0.717) is 5.95 Å². The maximum absolute atomic E-state index is 11.0. The molecular formula is C10H15N3O2. The second kappa shape index (κ2) is 4.72. The van der Waals surface area contributed by atoms with E-state index in [0.717, 1.165) is 11.4 Å². The van der Waals surface area contributed by atoms with Crippen molar-refractivity contribution in [1.29, 1.82) is 0 Å². The van der Waals surface area contributed by atoms with Gasteiger partial charge in [-0.2, -0.15) is 0 Å². The smallest absolute Gasteiger partial charge is 0.325 e. The van der Waals surface area contributed by atoms with Gasteiger partial charge in [0.2, 0.25) is 5.95 Å². The number of ether oxygens (including phenoxy) is 1. The van der Waals surface area contributed by atoms with E-state index in [-0.39, 0.29) is 12.5 Å². The fourth-order valence-corrected chi connectivity index (χ4v) is 1.21. The molecule has 5 heteroatoms. The van der Waals surface area contributed by atoms with Gasteiger partial charge in [-0.15, -0.1) is 0 Å².